The van der Waals surface area contributed by atoms with Crippen molar-refractivity contribution in [3.63, 3.8) is 0 Å². The molecule has 0 bridgehead atoms. The minimum Gasteiger partial charge on any atom is -0.456 e. The van der Waals surface area contributed by atoms with Gasteiger partial charge in [-0.25, -0.2) is 0 Å². The molecule has 0 atom stereocenters. The van der Waals surface area contributed by atoms with Crippen LogP contribution in [0.25, 0.3) is 21.9 Å². The first-order valence-corrected chi connectivity index (χ1v) is 8.99. The Hall–Kier alpha value is -2.63. The number of benzene rings is 2. The third kappa shape index (κ3) is 3.43. The summed E-state index contributed by atoms with van der Waals surface area (Å²) >= 11 is 1.70. The number of hydrogen-bond acceptors (Lipinski definition) is 4. The van der Waals surface area contributed by atoms with Gasteiger partial charge < -0.3 is 9.73 Å². The number of thiophene rings is 1. The summed E-state index contributed by atoms with van der Waals surface area (Å²) in [6.45, 7) is 1.12. The molecule has 4 rings (SSSR count). The van der Waals surface area contributed by atoms with Crippen LogP contribution >= 0.6 is 11.3 Å². The maximum atomic E-state index is 12.3. The van der Waals surface area contributed by atoms with Gasteiger partial charge in [0.2, 0.25) is 5.91 Å². The minimum atomic E-state index is -0.0220. The van der Waals surface area contributed by atoms with Crippen LogP contribution in [0.2, 0.25) is 0 Å². The third-order valence-corrected chi connectivity index (χ3v) is 4.94. The van der Waals surface area contributed by atoms with E-state index in [1.54, 1.807) is 11.3 Å². The Labute approximate surface area is 149 Å². The summed E-state index contributed by atoms with van der Waals surface area (Å²) in [5.74, 6) is -0.0220. The molecule has 2 aromatic heterocycles. The number of anilines is 1. The quantitative estimate of drug-likeness (QED) is 0.566. The first-order valence-electron chi connectivity index (χ1n) is 8.11. The first kappa shape index (κ1) is 15.9. The zero-order chi connectivity index (χ0) is 17.2. The largest absolute Gasteiger partial charge is 0.456 e. The molecule has 5 heteroatoms. The van der Waals surface area contributed by atoms with Crippen molar-refractivity contribution < 1.29 is 9.21 Å². The van der Waals surface area contributed by atoms with E-state index in [1.807, 2.05) is 65.9 Å². The topological polar surface area (TPSA) is 45.5 Å². The number of likely N-dealkylation sites (N-methyl/N-ethyl adjacent to an activating group) is 1. The monoisotopic (exact) mass is 350 g/mol. The summed E-state index contributed by atoms with van der Waals surface area (Å²) in [6, 6.07) is 17.8. The molecule has 25 heavy (non-hydrogen) atoms. The molecule has 0 saturated carbocycles. The Morgan fingerprint density at radius 2 is 1.92 bits per heavy atom. The number of fused-ring (bicyclic) bond motifs is 3. The van der Waals surface area contributed by atoms with Crippen LogP contribution in [0, 0.1) is 0 Å². The Morgan fingerprint density at radius 1 is 1.08 bits per heavy atom. The summed E-state index contributed by atoms with van der Waals surface area (Å²) in [5, 5.41) is 7.10. The molecule has 1 amide bonds. The second-order valence-corrected chi connectivity index (χ2v) is 7.14. The Morgan fingerprint density at radius 3 is 2.76 bits per heavy atom. The molecule has 0 unspecified atom stereocenters. The van der Waals surface area contributed by atoms with Crippen molar-refractivity contribution in [1.82, 2.24) is 4.90 Å². The number of para-hydroxylation sites is 1. The number of rotatable bonds is 5. The minimum absolute atomic E-state index is 0.0220. The molecular weight excluding hydrogens is 332 g/mol. The lowest BCUT2D eigenvalue weighted by Crippen LogP contribution is -2.29. The zero-order valence-corrected chi connectivity index (χ0v) is 14.7. The number of carbonyl (C=O) groups excluding carboxylic acids is 1. The van der Waals surface area contributed by atoms with Gasteiger partial charge in [-0.15, -0.1) is 11.3 Å². The average molecular weight is 350 g/mol. The lowest BCUT2D eigenvalue weighted by atomic mass is 10.1. The van der Waals surface area contributed by atoms with E-state index in [9.17, 15) is 4.79 Å². The van der Waals surface area contributed by atoms with E-state index in [1.165, 1.54) is 4.88 Å². The normalized spacial score (nSPS) is 11.4. The van der Waals surface area contributed by atoms with Gasteiger partial charge in [0.25, 0.3) is 0 Å². The van der Waals surface area contributed by atoms with Crippen LogP contribution in [0.4, 0.5) is 5.69 Å². The second-order valence-electron chi connectivity index (χ2n) is 6.11. The fourth-order valence-corrected chi connectivity index (χ4v) is 3.76. The Bertz CT molecular complexity index is 1020. The van der Waals surface area contributed by atoms with E-state index < -0.39 is 0 Å². The fraction of sp³-hybridized carbons (Fsp3) is 0.150. The summed E-state index contributed by atoms with van der Waals surface area (Å²) in [7, 11) is 1.95. The SMILES string of the molecule is CN(CC(=O)Nc1ccc2oc3ccccc3c2c1)Cc1cccs1. The average Bonchev–Trinajstić information content (AvgIpc) is 3.21. The highest BCUT2D eigenvalue weighted by Crippen LogP contribution is 2.30. The van der Waals surface area contributed by atoms with Gasteiger partial charge >= 0.3 is 0 Å². The lowest BCUT2D eigenvalue weighted by molar-refractivity contribution is -0.117. The first-order chi connectivity index (χ1) is 12.2. The molecule has 0 spiro atoms. The van der Waals surface area contributed by atoms with E-state index in [0.29, 0.717) is 6.54 Å². The van der Waals surface area contributed by atoms with Crippen molar-refractivity contribution in [2.75, 3.05) is 18.9 Å². The number of hydrogen-bond donors (Lipinski definition) is 1. The summed E-state index contributed by atoms with van der Waals surface area (Å²) in [5.41, 5.74) is 2.47. The van der Waals surface area contributed by atoms with Gasteiger partial charge in [-0.2, -0.15) is 0 Å². The zero-order valence-electron chi connectivity index (χ0n) is 13.9. The van der Waals surface area contributed by atoms with E-state index in [0.717, 1.165) is 34.2 Å². The van der Waals surface area contributed by atoms with Crippen LogP contribution in [0.5, 0.6) is 0 Å². The van der Waals surface area contributed by atoms with Crippen LogP contribution < -0.4 is 5.32 Å². The van der Waals surface area contributed by atoms with Crippen molar-refractivity contribution in [3.8, 4) is 0 Å². The Kier molecular flexibility index (Phi) is 4.26. The number of amides is 1. The fourth-order valence-electron chi connectivity index (χ4n) is 2.97. The highest BCUT2D eigenvalue weighted by molar-refractivity contribution is 7.09. The molecule has 0 aliphatic heterocycles. The summed E-state index contributed by atoms with van der Waals surface area (Å²) in [6.07, 6.45) is 0. The summed E-state index contributed by atoms with van der Waals surface area (Å²) < 4.78 is 5.82. The molecule has 0 fully saturated rings. The molecule has 0 aliphatic carbocycles. The maximum absolute atomic E-state index is 12.3. The van der Waals surface area contributed by atoms with Gasteiger partial charge in [0.1, 0.15) is 11.2 Å². The molecule has 0 aliphatic rings. The number of carbonyl (C=O) groups is 1. The molecule has 2 heterocycles. The van der Waals surface area contributed by atoms with Crippen LogP contribution in [0.15, 0.2) is 64.4 Å². The molecule has 0 saturated heterocycles. The number of nitrogens with one attached hydrogen (secondary N) is 1. The molecule has 126 valence electrons. The molecule has 0 radical (unpaired) electrons. The number of furan rings is 1. The van der Waals surface area contributed by atoms with Gasteiger partial charge in [-0.05, 0) is 42.8 Å². The van der Waals surface area contributed by atoms with Crippen LogP contribution in [0.3, 0.4) is 0 Å². The van der Waals surface area contributed by atoms with E-state index in [4.69, 9.17) is 4.42 Å². The van der Waals surface area contributed by atoms with Gasteiger partial charge in [0, 0.05) is 27.9 Å². The maximum Gasteiger partial charge on any atom is 0.238 e. The van der Waals surface area contributed by atoms with Crippen molar-refractivity contribution >= 4 is 44.9 Å². The van der Waals surface area contributed by atoms with Gasteiger partial charge in [-0.3, -0.25) is 9.69 Å². The molecule has 1 N–H and O–H groups in total. The third-order valence-electron chi connectivity index (χ3n) is 4.08. The van der Waals surface area contributed by atoms with Crippen LogP contribution in [-0.2, 0) is 11.3 Å². The smallest absolute Gasteiger partial charge is 0.238 e. The molecule has 4 nitrogen and oxygen atoms in total. The van der Waals surface area contributed by atoms with Crippen LogP contribution in [0.1, 0.15) is 4.88 Å². The number of nitrogens with zero attached hydrogens (tertiary/aromatic N) is 1. The predicted molar refractivity (Wildman–Crippen MR) is 103 cm³/mol. The van der Waals surface area contributed by atoms with Gasteiger partial charge in [0.15, 0.2) is 0 Å². The molecular formula is C20H18N2O2S. The van der Waals surface area contributed by atoms with Crippen molar-refractivity contribution in [2.24, 2.45) is 0 Å². The van der Waals surface area contributed by atoms with Crippen molar-refractivity contribution in [3.05, 3.63) is 64.9 Å². The predicted octanol–water partition coefficient (Wildman–Crippen LogP) is 4.72. The van der Waals surface area contributed by atoms with Crippen LogP contribution in [-0.4, -0.2) is 24.4 Å². The molecule has 4 aromatic rings. The van der Waals surface area contributed by atoms with E-state index in [-0.39, 0.29) is 5.91 Å². The highest BCUT2D eigenvalue weighted by Gasteiger charge is 2.10. The summed E-state index contributed by atoms with van der Waals surface area (Å²) in [4.78, 5) is 15.6. The lowest BCUT2D eigenvalue weighted by Gasteiger charge is -2.15. The van der Waals surface area contributed by atoms with Crippen molar-refractivity contribution in [2.45, 2.75) is 6.54 Å². The van der Waals surface area contributed by atoms with Crippen molar-refractivity contribution in [1.29, 1.82) is 0 Å². The second kappa shape index (κ2) is 6.70. The van der Waals surface area contributed by atoms with Gasteiger partial charge in [-0.1, -0.05) is 24.3 Å². The highest BCUT2D eigenvalue weighted by atomic mass is 32.1. The van der Waals surface area contributed by atoms with Gasteiger partial charge in [0.05, 0.1) is 6.54 Å². The molecule has 2 aromatic carbocycles. The standard InChI is InChI=1S/C20H18N2O2S/c1-22(12-15-5-4-10-25-15)13-20(23)21-14-8-9-19-17(11-14)16-6-2-3-7-18(16)24-19/h2-11H,12-13H2,1H3,(H,21,23). The van der Waals surface area contributed by atoms with E-state index >= 15 is 0 Å². The van der Waals surface area contributed by atoms with E-state index in [2.05, 4.69) is 11.4 Å². The Balaban J connectivity index is 1.48.